The summed E-state index contributed by atoms with van der Waals surface area (Å²) in [5.41, 5.74) is 0.862. The summed E-state index contributed by atoms with van der Waals surface area (Å²) in [7, 11) is 2.05. The van der Waals surface area contributed by atoms with E-state index in [9.17, 15) is 0 Å². The van der Waals surface area contributed by atoms with Gasteiger partial charge in [-0.1, -0.05) is 11.2 Å². The molecule has 5 nitrogen and oxygen atoms in total. The minimum Gasteiger partial charge on any atom is -0.338 e. The van der Waals surface area contributed by atoms with E-state index in [4.69, 9.17) is 4.52 Å². The molecule has 21 heavy (non-hydrogen) atoms. The van der Waals surface area contributed by atoms with Crippen LogP contribution in [0.3, 0.4) is 0 Å². The largest absolute Gasteiger partial charge is 0.338 e. The Balaban J connectivity index is 1.70. The molecular formula is C15H16N4OS. The van der Waals surface area contributed by atoms with Gasteiger partial charge in [-0.25, -0.2) is 0 Å². The Hall–Kier alpha value is -2.05. The maximum Gasteiger partial charge on any atom is 0.241 e. The van der Waals surface area contributed by atoms with Crippen LogP contribution in [0.2, 0.25) is 0 Å². The van der Waals surface area contributed by atoms with Crippen LogP contribution in [-0.2, 0) is 6.54 Å². The minimum absolute atomic E-state index is 0.318. The number of aromatic nitrogens is 3. The van der Waals surface area contributed by atoms with Crippen molar-refractivity contribution in [3.05, 3.63) is 52.8 Å². The SMILES string of the molecule is CC(c1cccs1)N(C)Cc1nc(-c2cccnc2)no1. The standard InChI is InChI=1S/C15H16N4OS/c1-11(13-6-4-8-21-13)19(2)10-14-17-15(18-20-14)12-5-3-7-16-9-12/h3-9,11H,10H2,1-2H3. The van der Waals surface area contributed by atoms with Gasteiger partial charge in [-0.2, -0.15) is 4.98 Å². The minimum atomic E-state index is 0.318. The van der Waals surface area contributed by atoms with Gasteiger partial charge in [-0.3, -0.25) is 9.88 Å². The fourth-order valence-corrected chi connectivity index (χ4v) is 2.88. The van der Waals surface area contributed by atoms with Crippen molar-refractivity contribution in [1.82, 2.24) is 20.0 Å². The second-order valence-electron chi connectivity index (χ2n) is 4.86. The zero-order valence-electron chi connectivity index (χ0n) is 11.9. The molecule has 0 radical (unpaired) electrons. The Labute approximate surface area is 127 Å². The molecule has 3 aromatic rings. The van der Waals surface area contributed by atoms with E-state index in [1.165, 1.54) is 4.88 Å². The van der Waals surface area contributed by atoms with E-state index in [0.29, 0.717) is 24.3 Å². The van der Waals surface area contributed by atoms with Crippen molar-refractivity contribution < 1.29 is 4.52 Å². The van der Waals surface area contributed by atoms with Crippen molar-refractivity contribution in [3.63, 3.8) is 0 Å². The molecule has 3 rings (SSSR count). The van der Waals surface area contributed by atoms with Crippen LogP contribution in [0.5, 0.6) is 0 Å². The van der Waals surface area contributed by atoms with E-state index >= 15 is 0 Å². The number of pyridine rings is 1. The van der Waals surface area contributed by atoms with Gasteiger partial charge in [0.15, 0.2) is 0 Å². The lowest BCUT2D eigenvalue weighted by atomic mass is 10.2. The summed E-state index contributed by atoms with van der Waals surface area (Å²) < 4.78 is 5.33. The van der Waals surface area contributed by atoms with Crippen LogP contribution in [0.25, 0.3) is 11.4 Å². The van der Waals surface area contributed by atoms with Crippen molar-refractivity contribution >= 4 is 11.3 Å². The number of rotatable bonds is 5. The first-order valence-electron chi connectivity index (χ1n) is 6.70. The lowest BCUT2D eigenvalue weighted by Gasteiger charge is -2.21. The van der Waals surface area contributed by atoms with E-state index in [1.54, 1.807) is 23.7 Å². The van der Waals surface area contributed by atoms with Gasteiger partial charge in [-0.15, -0.1) is 11.3 Å². The van der Waals surface area contributed by atoms with Crippen LogP contribution in [0.4, 0.5) is 0 Å². The third-order valence-electron chi connectivity index (χ3n) is 3.39. The molecule has 1 atom stereocenters. The van der Waals surface area contributed by atoms with Crippen LogP contribution in [-0.4, -0.2) is 27.1 Å². The van der Waals surface area contributed by atoms with Crippen molar-refractivity contribution in [2.45, 2.75) is 19.5 Å². The molecule has 0 aromatic carbocycles. The summed E-state index contributed by atoms with van der Waals surface area (Å²) in [5.74, 6) is 1.19. The van der Waals surface area contributed by atoms with Gasteiger partial charge in [0.25, 0.3) is 0 Å². The van der Waals surface area contributed by atoms with Crippen molar-refractivity contribution in [2.24, 2.45) is 0 Å². The van der Waals surface area contributed by atoms with Gasteiger partial charge in [0.05, 0.1) is 6.54 Å². The molecule has 0 saturated carbocycles. The summed E-state index contributed by atoms with van der Waals surface area (Å²) in [6.07, 6.45) is 3.45. The van der Waals surface area contributed by atoms with Crippen molar-refractivity contribution in [2.75, 3.05) is 7.05 Å². The zero-order valence-corrected chi connectivity index (χ0v) is 12.7. The summed E-state index contributed by atoms with van der Waals surface area (Å²) in [6, 6.07) is 8.30. The third-order valence-corrected chi connectivity index (χ3v) is 4.43. The summed E-state index contributed by atoms with van der Waals surface area (Å²) >= 11 is 1.76. The Morgan fingerprint density at radius 2 is 2.24 bits per heavy atom. The lowest BCUT2D eigenvalue weighted by molar-refractivity contribution is 0.219. The smallest absolute Gasteiger partial charge is 0.241 e. The van der Waals surface area contributed by atoms with Crippen LogP contribution >= 0.6 is 11.3 Å². The van der Waals surface area contributed by atoms with E-state index < -0.39 is 0 Å². The first-order chi connectivity index (χ1) is 10.2. The fraction of sp³-hybridized carbons (Fsp3) is 0.267. The topological polar surface area (TPSA) is 55.1 Å². The van der Waals surface area contributed by atoms with Gasteiger partial charge < -0.3 is 4.52 Å². The molecule has 0 fully saturated rings. The van der Waals surface area contributed by atoms with Gasteiger partial charge >= 0.3 is 0 Å². The Morgan fingerprint density at radius 1 is 1.33 bits per heavy atom. The molecule has 0 spiro atoms. The molecule has 0 saturated heterocycles. The van der Waals surface area contributed by atoms with E-state index in [2.05, 4.69) is 51.5 Å². The summed E-state index contributed by atoms with van der Waals surface area (Å²) in [5, 5.41) is 6.10. The lowest BCUT2D eigenvalue weighted by Crippen LogP contribution is -2.21. The quantitative estimate of drug-likeness (QED) is 0.723. The maximum absolute atomic E-state index is 5.33. The van der Waals surface area contributed by atoms with Crippen LogP contribution in [0.15, 0.2) is 46.6 Å². The predicted octanol–water partition coefficient (Wildman–Crippen LogP) is 3.39. The molecule has 1 unspecified atom stereocenters. The average Bonchev–Trinajstić information content (AvgIpc) is 3.19. The Kier molecular flexibility index (Phi) is 4.08. The monoisotopic (exact) mass is 300 g/mol. The molecule has 0 N–H and O–H groups in total. The van der Waals surface area contributed by atoms with Gasteiger partial charge in [0.2, 0.25) is 11.7 Å². The highest BCUT2D eigenvalue weighted by Gasteiger charge is 2.16. The van der Waals surface area contributed by atoms with Crippen LogP contribution in [0, 0.1) is 0 Å². The van der Waals surface area contributed by atoms with Gasteiger partial charge in [0, 0.05) is 28.9 Å². The van der Waals surface area contributed by atoms with Crippen molar-refractivity contribution in [3.8, 4) is 11.4 Å². The second kappa shape index (κ2) is 6.15. The molecular weight excluding hydrogens is 284 g/mol. The predicted molar refractivity (Wildman–Crippen MR) is 81.7 cm³/mol. The average molecular weight is 300 g/mol. The number of nitrogens with zero attached hydrogens (tertiary/aromatic N) is 4. The zero-order chi connectivity index (χ0) is 14.7. The van der Waals surface area contributed by atoms with Gasteiger partial charge in [0.1, 0.15) is 0 Å². The highest BCUT2D eigenvalue weighted by atomic mass is 32.1. The molecule has 0 amide bonds. The molecule has 3 heterocycles. The first kappa shape index (κ1) is 13.9. The number of hydrogen-bond donors (Lipinski definition) is 0. The summed E-state index contributed by atoms with van der Waals surface area (Å²) in [6.45, 7) is 2.79. The summed E-state index contributed by atoms with van der Waals surface area (Å²) in [4.78, 5) is 12.0. The molecule has 0 aliphatic heterocycles. The molecule has 0 aliphatic rings. The van der Waals surface area contributed by atoms with Crippen LogP contribution < -0.4 is 0 Å². The molecule has 6 heteroatoms. The third kappa shape index (κ3) is 3.17. The maximum atomic E-state index is 5.33. The molecule has 108 valence electrons. The van der Waals surface area contributed by atoms with E-state index in [1.807, 2.05) is 12.1 Å². The Bertz CT molecular complexity index is 681. The van der Waals surface area contributed by atoms with Crippen molar-refractivity contribution in [1.29, 1.82) is 0 Å². The molecule has 0 aliphatic carbocycles. The number of thiophene rings is 1. The van der Waals surface area contributed by atoms with Gasteiger partial charge in [-0.05, 0) is 37.6 Å². The van der Waals surface area contributed by atoms with E-state index in [0.717, 1.165) is 5.56 Å². The fourth-order valence-electron chi connectivity index (χ4n) is 2.03. The Morgan fingerprint density at radius 3 is 2.95 bits per heavy atom. The molecule has 3 aromatic heterocycles. The number of hydrogen-bond acceptors (Lipinski definition) is 6. The normalized spacial score (nSPS) is 12.7. The van der Waals surface area contributed by atoms with E-state index in [-0.39, 0.29) is 0 Å². The highest BCUT2D eigenvalue weighted by Crippen LogP contribution is 2.24. The highest BCUT2D eigenvalue weighted by molar-refractivity contribution is 7.10. The molecule has 0 bridgehead atoms. The first-order valence-corrected chi connectivity index (χ1v) is 7.58. The second-order valence-corrected chi connectivity index (χ2v) is 5.84. The van der Waals surface area contributed by atoms with Crippen LogP contribution in [0.1, 0.15) is 23.7 Å².